The van der Waals surface area contributed by atoms with E-state index in [0.717, 1.165) is 36.6 Å². The lowest BCUT2D eigenvalue weighted by Crippen LogP contribution is -2.50. The van der Waals surface area contributed by atoms with Crippen molar-refractivity contribution in [3.05, 3.63) is 35.0 Å². The monoisotopic (exact) mass is 305 g/mol. The standard InChI is InChI=1S/C16H20ClN3O/c1-20(15-5-3-2-4-12(15)18)16(21)14-9-10-8-11(17)6-7-13(10)19-14/h6-9,12,15,19H,2-5,18H2,1H3/t12-,15+/m0/s1. The third-order valence-corrected chi connectivity index (χ3v) is 4.65. The van der Waals surface area contributed by atoms with Gasteiger partial charge < -0.3 is 15.6 Å². The van der Waals surface area contributed by atoms with Crippen molar-refractivity contribution in [1.82, 2.24) is 9.88 Å². The van der Waals surface area contributed by atoms with E-state index in [1.165, 1.54) is 0 Å². The molecular formula is C16H20ClN3O. The largest absolute Gasteiger partial charge is 0.351 e. The number of halogens is 1. The normalized spacial score (nSPS) is 22.4. The van der Waals surface area contributed by atoms with Gasteiger partial charge in [0, 0.05) is 35.1 Å². The van der Waals surface area contributed by atoms with Crippen LogP contribution in [0.4, 0.5) is 0 Å². The minimum absolute atomic E-state index is 0.00956. The average Bonchev–Trinajstić information content (AvgIpc) is 2.89. The first-order chi connectivity index (χ1) is 10.1. The molecule has 0 unspecified atom stereocenters. The summed E-state index contributed by atoms with van der Waals surface area (Å²) in [7, 11) is 1.84. The third kappa shape index (κ3) is 2.78. The Morgan fingerprint density at radius 3 is 2.86 bits per heavy atom. The van der Waals surface area contributed by atoms with E-state index in [-0.39, 0.29) is 18.0 Å². The predicted octanol–water partition coefficient (Wildman–Crippen LogP) is 3.16. The fourth-order valence-corrected chi connectivity index (χ4v) is 3.36. The molecule has 21 heavy (non-hydrogen) atoms. The van der Waals surface area contributed by atoms with Crippen LogP contribution in [0.2, 0.25) is 5.02 Å². The number of hydrogen-bond donors (Lipinski definition) is 2. The molecule has 0 spiro atoms. The van der Waals surface area contributed by atoms with Gasteiger partial charge in [-0.1, -0.05) is 24.4 Å². The van der Waals surface area contributed by atoms with Gasteiger partial charge in [0.15, 0.2) is 0 Å². The predicted molar refractivity (Wildman–Crippen MR) is 85.6 cm³/mol. The summed E-state index contributed by atoms with van der Waals surface area (Å²) in [5.74, 6) is -0.00956. The number of hydrogen-bond acceptors (Lipinski definition) is 2. The zero-order valence-electron chi connectivity index (χ0n) is 12.1. The molecule has 1 aromatic heterocycles. The van der Waals surface area contributed by atoms with Crippen LogP contribution in [0.3, 0.4) is 0 Å². The van der Waals surface area contributed by atoms with Gasteiger partial charge in [-0.15, -0.1) is 0 Å². The highest BCUT2D eigenvalue weighted by molar-refractivity contribution is 6.31. The lowest BCUT2D eigenvalue weighted by molar-refractivity contribution is 0.0667. The number of carbonyl (C=O) groups is 1. The van der Waals surface area contributed by atoms with Crippen molar-refractivity contribution in [3.8, 4) is 0 Å². The van der Waals surface area contributed by atoms with E-state index in [1.54, 1.807) is 4.90 Å². The Balaban J connectivity index is 1.85. The number of benzene rings is 1. The summed E-state index contributed by atoms with van der Waals surface area (Å²) in [5, 5.41) is 1.62. The fourth-order valence-electron chi connectivity index (χ4n) is 3.18. The van der Waals surface area contributed by atoms with Gasteiger partial charge in [0.25, 0.3) is 5.91 Å². The number of aromatic nitrogens is 1. The van der Waals surface area contributed by atoms with E-state index in [4.69, 9.17) is 17.3 Å². The summed E-state index contributed by atoms with van der Waals surface area (Å²) in [5.41, 5.74) is 7.68. The summed E-state index contributed by atoms with van der Waals surface area (Å²) >= 11 is 5.99. The van der Waals surface area contributed by atoms with Crippen molar-refractivity contribution in [1.29, 1.82) is 0 Å². The van der Waals surface area contributed by atoms with Crippen LogP contribution >= 0.6 is 11.6 Å². The third-order valence-electron chi connectivity index (χ3n) is 4.41. The molecule has 3 N–H and O–H groups in total. The van der Waals surface area contributed by atoms with Crippen LogP contribution in [0.15, 0.2) is 24.3 Å². The van der Waals surface area contributed by atoms with Gasteiger partial charge in [0.1, 0.15) is 5.69 Å². The zero-order chi connectivity index (χ0) is 15.0. The summed E-state index contributed by atoms with van der Waals surface area (Å²) < 4.78 is 0. The summed E-state index contributed by atoms with van der Waals surface area (Å²) in [6.45, 7) is 0. The maximum absolute atomic E-state index is 12.7. The minimum Gasteiger partial charge on any atom is -0.351 e. The lowest BCUT2D eigenvalue weighted by Gasteiger charge is -2.35. The molecule has 0 radical (unpaired) electrons. The van der Waals surface area contributed by atoms with Crippen molar-refractivity contribution < 1.29 is 4.79 Å². The van der Waals surface area contributed by atoms with Crippen molar-refractivity contribution in [3.63, 3.8) is 0 Å². The van der Waals surface area contributed by atoms with Gasteiger partial charge in [-0.25, -0.2) is 0 Å². The second kappa shape index (κ2) is 5.70. The fraction of sp³-hybridized carbons (Fsp3) is 0.438. The lowest BCUT2D eigenvalue weighted by atomic mass is 9.90. The Morgan fingerprint density at radius 2 is 2.10 bits per heavy atom. The maximum Gasteiger partial charge on any atom is 0.270 e. The summed E-state index contributed by atoms with van der Waals surface area (Å²) in [4.78, 5) is 17.6. The Bertz CT molecular complexity index is 667. The first-order valence-corrected chi connectivity index (χ1v) is 7.75. The maximum atomic E-state index is 12.7. The number of nitrogens with one attached hydrogen (secondary N) is 1. The van der Waals surface area contributed by atoms with Crippen LogP contribution in [0.25, 0.3) is 10.9 Å². The summed E-state index contributed by atoms with van der Waals surface area (Å²) in [6.07, 6.45) is 4.27. The molecular weight excluding hydrogens is 286 g/mol. The Kier molecular flexibility index (Phi) is 3.91. The molecule has 3 rings (SSSR count). The highest BCUT2D eigenvalue weighted by Gasteiger charge is 2.29. The molecule has 4 nitrogen and oxygen atoms in total. The van der Waals surface area contributed by atoms with Gasteiger partial charge >= 0.3 is 0 Å². The molecule has 1 aromatic carbocycles. The number of fused-ring (bicyclic) bond motifs is 1. The molecule has 112 valence electrons. The Hall–Kier alpha value is -1.52. The Morgan fingerprint density at radius 1 is 1.33 bits per heavy atom. The number of rotatable bonds is 2. The molecule has 0 saturated heterocycles. The van der Waals surface area contributed by atoms with Crippen LogP contribution in [0.5, 0.6) is 0 Å². The smallest absolute Gasteiger partial charge is 0.270 e. The minimum atomic E-state index is -0.00956. The van der Waals surface area contributed by atoms with E-state index in [0.29, 0.717) is 10.7 Å². The number of amides is 1. The average molecular weight is 306 g/mol. The van der Waals surface area contributed by atoms with Crippen molar-refractivity contribution in [2.45, 2.75) is 37.8 Å². The van der Waals surface area contributed by atoms with Crippen molar-refractivity contribution in [2.24, 2.45) is 5.73 Å². The number of nitrogens with two attached hydrogens (primary N) is 1. The van der Waals surface area contributed by atoms with Crippen molar-refractivity contribution in [2.75, 3.05) is 7.05 Å². The first-order valence-electron chi connectivity index (χ1n) is 7.37. The van der Waals surface area contributed by atoms with E-state index >= 15 is 0 Å². The number of likely N-dealkylation sites (N-methyl/N-ethyl adjacent to an activating group) is 1. The molecule has 1 amide bonds. The molecule has 2 atom stereocenters. The highest BCUT2D eigenvalue weighted by Crippen LogP contribution is 2.24. The molecule has 0 aliphatic heterocycles. The number of aromatic amines is 1. The van der Waals surface area contributed by atoms with Gasteiger partial charge in [-0.2, -0.15) is 0 Å². The second-order valence-corrected chi connectivity index (χ2v) is 6.28. The molecule has 5 heteroatoms. The molecule has 1 fully saturated rings. The van der Waals surface area contributed by atoms with E-state index in [1.807, 2.05) is 31.3 Å². The molecule has 1 aliphatic carbocycles. The van der Waals surface area contributed by atoms with Crippen LogP contribution in [0, 0.1) is 0 Å². The van der Waals surface area contributed by atoms with Crippen LogP contribution in [0.1, 0.15) is 36.2 Å². The molecule has 1 saturated carbocycles. The quantitative estimate of drug-likeness (QED) is 0.895. The Labute approximate surface area is 129 Å². The summed E-state index contributed by atoms with van der Waals surface area (Å²) in [6, 6.07) is 7.62. The highest BCUT2D eigenvalue weighted by atomic mass is 35.5. The van der Waals surface area contributed by atoms with E-state index in [9.17, 15) is 4.79 Å². The van der Waals surface area contributed by atoms with E-state index < -0.39 is 0 Å². The van der Waals surface area contributed by atoms with Gasteiger partial charge in [0.05, 0.1) is 0 Å². The molecule has 2 aromatic rings. The zero-order valence-corrected chi connectivity index (χ0v) is 12.9. The molecule has 0 bridgehead atoms. The molecule has 1 aliphatic rings. The van der Waals surface area contributed by atoms with Crippen LogP contribution < -0.4 is 5.73 Å². The number of H-pyrrole nitrogens is 1. The van der Waals surface area contributed by atoms with Crippen molar-refractivity contribution >= 4 is 28.4 Å². The van der Waals surface area contributed by atoms with Crippen LogP contribution in [-0.4, -0.2) is 34.9 Å². The number of nitrogens with zero attached hydrogens (tertiary/aromatic N) is 1. The van der Waals surface area contributed by atoms with Gasteiger partial charge in [-0.05, 0) is 37.1 Å². The van der Waals surface area contributed by atoms with E-state index in [2.05, 4.69) is 4.98 Å². The van der Waals surface area contributed by atoms with Gasteiger partial charge in [-0.3, -0.25) is 4.79 Å². The second-order valence-electron chi connectivity index (χ2n) is 5.85. The van der Waals surface area contributed by atoms with Gasteiger partial charge in [0.2, 0.25) is 0 Å². The SMILES string of the molecule is CN(C(=O)c1cc2cc(Cl)ccc2[nH]1)[C@@H]1CCCC[C@@H]1N. The molecule has 1 heterocycles. The number of carbonyl (C=O) groups excluding carboxylic acids is 1. The first kappa shape index (κ1) is 14.4. The topological polar surface area (TPSA) is 62.1 Å². The van der Waals surface area contributed by atoms with Crippen LogP contribution in [-0.2, 0) is 0 Å².